The maximum atomic E-state index is 11.8. The van der Waals surface area contributed by atoms with E-state index < -0.39 is 0 Å². The van der Waals surface area contributed by atoms with E-state index in [1.165, 1.54) is 13.4 Å². The van der Waals surface area contributed by atoms with Crippen LogP contribution in [0.5, 0.6) is 5.75 Å². The number of nitrogens with zero attached hydrogens (tertiary/aromatic N) is 3. The van der Waals surface area contributed by atoms with Crippen LogP contribution < -0.4 is 15.0 Å². The fourth-order valence-corrected chi connectivity index (χ4v) is 2.34. The van der Waals surface area contributed by atoms with E-state index in [1.54, 1.807) is 4.90 Å². The fraction of sp³-hybridized carbons (Fsp3) is 0.154. The summed E-state index contributed by atoms with van der Waals surface area (Å²) in [5.74, 6) is 0.689. The van der Waals surface area contributed by atoms with E-state index in [0.29, 0.717) is 11.6 Å². The zero-order valence-corrected chi connectivity index (χ0v) is 11.4. The summed E-state index contributed by atoms with van der Waals surface area (Å²) in [4.78, 5) is 21.6. The van der Waals surface area contributed by atoms with Crippen molar-refractivity contribution in [3.63, 3.8) is 0 Å². The number of anilines is 3. The van der Waals surface area contributed by atoms with Crippen LogP contribution in [0.1, 0.15) is 0 Å². The summed E-state index contributed by atoms with van der Waals surface area (Å²) < 4.78 is 5.25. The maximum absolute atomic E-state index is 11.8. The first-order chi connectivity index (χ1) is 9.70. The molecule has 1 aromatic carbocycles. The van der Waals surface area contributed by atoms with E-state index in [4.69, 9.17) is 16.3 Å². The minimum atomic E-state index is -0.125. The Morgan fingerprint density at radius 3 is 2.95 bits per heavy atom. The van der Waals surface area contributed by atoms with Gasteiger partial charge in [0.05, 0.1) is 18.5 Å². The molecule has 2 heterocycles. The van der Waals surface area contributed by atoms with E-state index in [1.807, 2.05) is 24.3 Å². The highest BCUT2D eigenvalue weighted by Gasteiger charge is 2.27. The fourth-order valence-electron chi connectivity index (χ4n) is 2.13. The van der Waals surface area contributed by atoms with Gasteiger partial charge in [-0.2, -0.15) is 0 Å². The van der Waals surface area contributed by atoms with E-state index in [2.05, 4.69) is 15.3 Å². The number of aromatic nitrogens is 2. The molecule has 1 aliphatic heterocycles. The smallest absolute Gasteiger partial charge is 0.244 e. The molecular formula is C13H11ClN4O2. The Labute approximate surface area is 120 Å². The Morgan fingerprint density at radius 2 is 2.15 bits per heavy atom. The average Bonchev–Trinajstić information content (AvgIpc) is 2.46. The standard InChI is InChI=1S/C13H11ClN4O2/c1-20-11-12(14)15-7-16-13(11)18-6-10(19)17-8-4-2-3-5-9(8)18/h2-5,7H,6H2,1H3,(H,17,19). The summed E-state index contributed by atoms with van der Waals surface area (Å²) in [5.41, 5.74) is 1.56. The molecule has 1 amide bonds. The van der Waals surface area contributed by atoms with Gasteiger partial charge in [-0.1, -0.05) is 23.7 Å². The number of amides is 1. The Hall–Kier alpha value is -2.34. The van der Waals surface area contributed by atoms with Gasteiger partial charge in [0.1, 0.15) is 12.9 Å². The Kier molecular flexibility index (Phi) is 3.15. The van der Waals surface area contributed by atoms with Crippen molar-refractivity contribution >= 4 is 34.7 Å². The van der Waals surface area contributed by atoms with Crippen molar-refractivity contribution in [3.05, 3.63) is 35.7 Å². The maximum Gasteiger partial charge on any atom is 0.244 e. The summed E-state index contributed by atoms with van der Waals surface area (Å²) in [5, 5.41) is 3.02. The molecule has 0 saturated heterocycles. The Balaban J connectivity index is 2.16. The number of benzene rings is 1. The molecule has 102 valence electrons. The van der Waals surface area contributed by atoms with Crippen LogP contribution in [0.2, 0.25) is 5.15 Å². The van der Waals surface area contributed by atoms with Gasteiger partial charge in [0.25, 0.3) is 0 Å². The highest BCUT2D eigenvalue weighted by atomic mass is 35.5. The second-order valence-electron chi connectivity index (χ2n) is 4.17. The van der Waals surface area contributed by atoms with Crippen molar-refractivity contribution in [3.8, 4) is 5.75 Å². The predicted octanol–water partition coefficient (Wildman–Crippen LogP) is 2.23. The Morgan fingerprint density at radius 1 is 1.35 bits per heavy atom. The van der Waals surface area contributed by atoms with Crippen molar-refractivity contribution in [1.29, 1.82) is 0 Å². The highest BCUT2D eigenvalue weighted by molar-refractivity contribution is 6.31. The molecule has 2 aromatic rings. The summed E-state index contributed by atoms with van der Waals surface area (Å²) >= 11 is 6.01. The van der Waals surface area contributed by atoms with Gasteiger partial charge in [-0.15, -0.1) is 0 Å². The molecule has 1 aromatic heterocycles. The molecule has 0 aliphatic carbocycles. The number of para-hydroxylation sites is 2. The van der Waals surface area contributed by atoms with Gasteiger partial charge >= 0.3 is 0 Å². The lowest BCUT2D eigenvalue weighted by molar-refractivity contribution is -0.115. The molecule has 20 heavy (non-hydrogen) atoms. The molecule has 0 saturated carbocycles. The van der Waals surface area contributed by atoms with Crippen LogP contribution in [0.25, 0.3) is 0 Å². The van der Waals surface area contributed by atoms with Crippen molar-refractivity contribution in [1.82, 2.24) is 9.97 Å². The number of ether oxygens (including phenoxy) is 1. The first-order valence-corrected chi connectivity index (χ1v) is 6.29. The number of fused-ring (bicyclic) bond motifs is 1. The van der Waals surface area contributed by atoms with Gasteiger partial charge in [0, 0.05) is 0 Å². The summed E-state index contributed by atoms with van der Waals surface area (Å²) in [6, 6.07) is 7.46. The SMILES string of the molecule is COc1c(Cl)ncnc1N1CC(=O)Nc2ccccc21. The summed E-state index contributed by atoms with van der Waals surface area (Å²) in [6.45, 7) is 0.140. The van der Waals surface area contributed by atoms with Crippen molar-refractivity contribution in [2.24, 2.45) is 0 Å². The third kappa shape index (κ3) is 2.04. The van der Waals surface area contributed by atoms with Crippen molar-refractivity contribution in [2.45, 2.75) is 0 Å². The van der Waals surface area contributed by atoms with Gasteiger partial charge in [0.15, 0.2) is 16.7 Å². The minimum Gasteiger partial charge on any atom is -0.490 e. The van der Waals surface area contributed by atoms with Crippen LogP contribution in [0.15, 0.2) is 30.6 Å². The molecule has 1 N–H and O–H groups in total. The highest BCUT2D eigenvalue weighted by Crippen LogP contribution is 2.39. The van der Waals surface area contributed by atoms with Crippen molar-refractivity contribution in [2.75, 3.05) is 23.9 Å². The molecule has 3 rings (SSSR count). The van der Waals surface area contributed by atoms with E-state index in [9.17, 15) is 4.79 Å². The van der Waals surface area contributed by atoms with Crippen LogP contribution in [-0.4, -0.2) is 29.5 Å². The van der Waals surface area contributed by atoms with Crippen LogP contribution >= 0.6 is 11.6 Å². The zero-order valence-electron chi connectivity index (χ0n) is 10.6. The number of nitrogens with one attached hydrogen (secondary N) is 1. The van der Waals surface area contributed by atoms with Crippen LogP contribution in [0.3, 0.4) is 0 Å². The molecule has 0 atom stereocenters. The number of hydrogen-bond donors (Lipinski definition) is 1. The molecule has 0 spiro atoms. The number of halogens is 1. The lowest BCUT2D eigenvalue weighted by atomic mass is 10.2. The molecule has 0 bridgehead atoms. The van der Waals surface area contributed by atoms with E-state index in [0.717, 1.165) is 11.4 Å². The van der Waals surface area contributed by atoms with Crippen LogP contribution in [-0.2, 0) is 4.79 Å². The van der Waals surface area contributed by atoms with E-state index in [-0.39, 0.29) is 17.6 Å². The van der Waals surface area contributed by atoms with Crippen LogP contribution in [0.4, 0.5) is 17.2 Å². The number of carbonyl (C=O) groups is 1. The number of rotatable bonds is 2. The minimum absolute atomic E-state index is 0.125. The molecule has 1 aliphatic rings. The molecular weight excluding hydrogens is 280 g/mol. The topological polar surface area (TPSA) is 67.4 Å². The average molecular weight is 291 g/mol. The molecule has 0 fully saturated rings. The van der Waals surface area contributed by atoms with Gasteiger partial charge in [-0.25, -0.2) is 9.97 Å². The van der Waals surface area contributed by atoms with E-state index >= 15 is 0 Å². The summed E-state index contributed by atoms with van der Waals surface area (Å²) in [7, 11) is 1.49. The molecule has 6 nitrogen and oxygen atoms in total. The number of methoxy groups -OCH3 is 1. The largest absolute Gasteiger partial charge is 0.490 e. The Bertz CT molecular complexity index is 677. The monoisotopic (exact) mass is 290 g/mol. The first-order valence-electron chi connectivity index (χ1n) is 5.91. The predicted molar refractivity (Wildman–Crippen MR) is 75.7 cm³/mol. The second kappa shape index (κ2) is 4.97. The van der Waals surface area contributed by atoms with Gasteiger partial charge in [-0.3, -0.25) is 4.79 Å². The third-order valence-corrected chi connectivity index (χ3v) is 3.24. The lowest BCUT2D eigenvalue weighted by Crippen LogP contribution is -2.35. The second-order valence-corrected chi connectivity index (χ2v) is 4.53. The molecule has 0 radical (unpaired) electrons. The van der Waals surface area contributed by atoms with Gasteiger partial charge in [-0.05, 0) is 12.1 Å². The normalized spacial score (nSPS) is 13.7. The number of hydrogen-bond acceptors (Lipinski definition) is 5. The number of carbonyl (C=O) groups excluding carboxylic acids is 1. The third-order valence-electron chi connectivity index (χ3n) is 2.97. The first kappa shape index (κ1) is 12.7. The quantitative estimate of drug-likeness (QED) is 0.859. The van der Waals surface area contributed by atoms with Crippen LogP contribution in [0, 0.1) is 0 Å². The summed E-state index contributed by atoms with van der Waals surface area (Å²) in [6.07, 6.45) is 1.34. The van der Waals surface area contributed by atoms with Gasteiger partial charge < -0.3 is 15.0 Å². The van der Waals surface area contributed by atoms with Gasteiger partial charge in [0.2, 0.25) is 5.91 Å². The lowest BCUT2D eigenvalue weighted by Gasteiger charge is -2.30. The molecule has 0 unspecified atom stereocenters. The molecule has 7 heteroatoms. The zero-order chi connectivity index (χ0) is 14.1. The van der Waals surface area contributed by atoms with Crippen molar-refractivity contribution < 1.29 is 9.53 Å².